The van der Waals surface area contributed by atoms with Gasteiger partial charge >= 0.3 is 0 Å². The molecule has 0 saturated carbocycles. The minimum Gasteiger partial charge on any atom is -0.489 e. The van der Waals surface area contributed by atoms with Crippen LogP contribution < -0.4 is 10.1 Å². The van der Waals surface area contributed by atoms with E-state index in [1.54, 1.807) is 12.1 Å². The number of rotatable bonds is 7. The molecule has 0 radical (unpaired) electrons. The summed E-state index contributed by atoms with van der Waals surface area (Å²) in [7, 11) is 0. The summed E-state index contributed by atoms with van der Waals surface area (Å²) in [5.74, 6) is 2.58. The summed E-state index contributed by atoms with van der Waals surface area (Å²) in [5.41, 5.74) is 3.26. The van der Waals surface area contributed by atoms with E-state index in [1.165, 1.54) is 17.8 Å². The van der Waals surface area contributed by atoms with Crippen molar-refractivity contribution in [2.24, 2.45) is 11.8 Å². The van der Waals surface area contributed by atoms with Crippen molar-refractivity contribution >= 4 is 22.4 Å². The summed E-state index contributed by atoms with van der Waals surface area (Å²) in [6.07, 6.45) is 1.29. The highest BCUT2D eigenvalue weighted by molar-refractivity contribution is 7.14. The fourth-order valence-electron chi connectivity index (χ4n) is 4.35. The van der Waals surface area contributed by atoms with Gasteiger partial charge in [-0.1, -0.05) is 25.1 Å². The van der Waals surface area contributed by atoms with Crippen LogP contribution in [0.15, 0.2) is 34.2 Å². The Bertz CT molecular complexity index is 1050. The number of thiazole rings is 1. The van der Waals surface area contributed by atoms with Crippen molar-refractivity contribution in [3.8, 4) is 5.75 Å². The number of ether oxygens (including phenoxy) is 1. The molecule has 7 nitrogen and oxygen atoms in total. The number of benzene rings is 1. The third-order valence-corrected chi connectivity index (χ3v) is 6.57. The molecule has 1 fully saturated rings. The molecule has 1 aliphatic rings. The van der Waals surface area contributed by atoms with Crippen LogP contribution in [0.1, 0.15) is 53.3 Å². The highest BCUT2D eigenvalue weighted by Crippen LogP contribution is 2.25. The zero-order chi connectivity index (χ0) is 22.7. The van der Waals surface area contributed by atoms with Crippen LogP contribution in [0.2, 0.25) is 0 Å². The Morgan fingerprint density at radius 3 is 2.78 bits per heavy atom. The van der Waals surface area contributed by atoms with Gasteiger partial charge in [-0.05, 0) is 50.3 Å². The molecule has 3 heterocycles. The number of likely N-dealkylation sites (tertiary alicyclic amines) is 1. The Morgan fingerprint density at radius 1 is 1.28 bits per heavy atom. The van der Waals surface area contributed by atoms with E-state index in [0.717, 1.165) is 42.3 Å². The third kappa shape index (κ3) is 5.55. The molecule has 170 valence electrons. The van der Waals surface area contributed by atoms with E-state index in [4.69, 9.17) is 9.26 Å². The molecule has 1 aromatic carbocycles. The van der Waals surface area contributed by atoms with Crippen LogP contribution in [0, 0.1) is 25.7 Å². The third-order valence-electron chi connectivity index (χ3n) is 5.76. The molecular weight excluding hydrogens is 424 g/mol. The Labute approximate surface area is 192 Å². The molecule has 4 rings (SSSR count). The molecule has 0 spiro atoms. The largest absolute Gasteiger partial charge is 0.489 e. The topological polar surface area (TPSA) is 80.5 Å². The van der Waals surface area contributed by atoms with Gasteiger partial charge in [-0.15, -0.1) is 11.3 Å². The zero-order valence-corrected chi connectivity index (χ0v) is 19.9. The van der Waals surface area contributed by atoms with E-state index in [0.29, 0.717) is 34.9 Å². The molecular formula is C24H30N4O3S. The van der Waals surface area contributed by atoms with Crippen molar-refractivity contribution in [2.45, 2.75) is 47.3 Å². The second-order valence-corrected chi connectivity index (χ2v) is 9.72. The molecule has 0 aliphatic carbocycles. The summed E-state index contributed by atoms with van der Waals surface area (Å²) >= 11 is 1.46. The van der Waals surface area contributed by atoms with Gasteiger partial charge < -0.3 is 9.26 Å². The predicted molar refractivity (Wildman–Crippen MR) is 125 cm³/mol. The average Bonchev–Trinajstić information content (AvgIpc) is 3.31. The van der Waals surface area contributed by atoms with Crippen LogP contribution in [0.25, 0.3) is 0 Å². The van der Waals surface area contributed by atoms with Gasteiger partial charge in [-0.2, -0.15) is 0 Å². The van der Waals surface area contributed by atoms with Crippen LogP contribution in [-0.2, 0) is 13.2 Å². The van der Waals surface area contributed by atoms with Gasteiger partial charge in [0.2, 0.25) is 0 Å². The molecule has 1 saturated heterocycles. The minimum absolute atomic E-state index is 0.200. The van der Waals surface area contributed by atoms with E-state index in [-0.39, 0.29) is 5.91 Å². The molecule has 2 atom stereocenters. The Morgan fingerprint density at radius 2 is 2.06 bits per heavy atom. The Hall–Kier alpha value is -2.71. The van der Waals surface area contributed by atoms with Gasteiger partial charge in [0.15, 0.2) is 5.13 Å². The standard InChI is InChI=1S/C24H30N4O3S/c1-15-8-16(2)11-28(10-15)12-20-14-32-24(25-20)26-23(29)19-6-5-7-21(9-19)30-13-22-17(3)27-31-18(22)4/h5-7,9,14-16H,8,10-13H2,1-4H3,(H,25,26,29). The van der Waals surface area contributed by atoms with Gasteiger partial charge in [-0.3, -0.25) is 15.0 Å². The normalized spacial score (nSPS) is 19.1. The molecule has 8 heteroatoms. The van der Waals surface area contributed by atoms with Crippen LogP contribution in [-0.4, -0.2) is 34.0 Å². The molecule has 1 amide bonds. The summed E-state index contributed by atoms with van der Waals surface area (Å²) in [6.45, 7) is 11.7. The van der Waals surface area contributed by atoms with Crippen LogP contribution in [0.5, 0.6) is 5.75 Å². The summed E-state index contributed by atoms with van der Waals surface area (Å²) in [5, 5.41) is 9.50. The number of aromatic nitrogens is 2. The number of hydrogen-bond donors (Lipinski definition) is 1. The summed E-state index contributed by atoms with van der Waals surface area (Å²) < 4.78 is 11.0. The van der Waals surface area contributed by atoms with Crippen molar-refractivity contribution in [3.05, 3.63) is 57.9 Å². The lowest BCUT2D eigenvalue weighted by atomic mass is 9.92. The molecule has 0 bridgehead atoms. The number of carbonyl (C=O) groups is 1. The van der Waals surface area contributed by atoms with Crippen LogP contribution in [0.4, 0.5) is 5.13 Å². The monoisotopic (exact) mass is 454 g/mol. The SMILES string of the molecule is Cc1noc(C)c1COc1cccc(C(=O)Nc2nc(CN3CC(C)CC(C)C3)cs2)c1. The highest BCUT2D eigenvalue weighted by Gasteiger charge is 2.22. The minimum atomic E-state index is -0.200. The number of aryl methyl sites for hydroxylation is 2. The first kappa shape index (κ1) is 22.5. The maximum atomic E-state index is 12.8. The summed E-state index contributed by atoms with van der Waals surface area (Å²) in [4.78, 5) is 19.8. The number of carbonyl (C=O) groups excluding carboxylic acids is 1. The van der Waals surface area contributed by atoms with Crippen molar-refractivity contribution in [1.29, 1.82) is 0 Å². The fraction of sp³-hybridized carbons (Fsp3) is 0.458. The molecule has 1 aliphatic heterocycles. The first-order valence-corrected chi connectivity index (χ1v) is 11.9. The van der Waals surface area contributed by atoms with Crippen LogP contribution >= 0.6 is 11.3 Å². The Balaban J connectivity index is 1.34. The maximum absolute atomic E-state index is 12.8. The van der Waals surface area contributed by atoms with Gasteiger partial charge in [0, 0.05) is 30.6 Å². The van der Waals surface area contributed by atoms with E-state index >= 15 is 0 Å². The molecule has 3 aromatic rings. The van der Waals surface area contributed by atoms with E-state index in [9.17, 15) is 4.79 Å². The second kappa shape index (κ2) is 9.83. The van der Waals surface area contributed by atoms with E-state index in [2.05, 4.69) is 34.2 Å². The molecule has 32 heavy (non-hydrogen) atoms. The van der Waals surface area contributed by atoms with Gasteiger partial charge in [0.05, 0.1) is 17.0 Å². The van der Waals surface area contributed by atoms with Crippen molar-refractivity contribution in [3.63, 3.8) is 0 Å². The number of nitrogens with zero attached hydrogens (tertiary/aromatic N) is 3. The maximum Gasteiger partial charge on any atom is 0.257 e. The first-order valence-electron chi connectivity index (χ1n) is 11.0. The first-order chi connectivity index (χ1) is 15.4. The number of anilines is 1. The number of nitrogens with one attached hydrogen (secondary N) is 1. The average molecular weight is 455 g/mol. The van der Waals surface area contributed by atoms with Crippen molar-refractivity contribution < 1.29 is 14.1 Å². The van der Waals surface area contributed by atoms with Gasteiger partial charge in [-0.25, -0.2) is 4.98 Å². The summed E-state index contributed by atoms with van der Waals surface area (Å²) in [6, 6.07) is 7.14. The second-order valence-electron chi connectivity index (χ2n) is 8.86. The highest BCUT2D eigenvalue weighted by atomic mass is 32.1. The van der Waals surface area contributed by atoms with Crippen molar-refractivity contribution in [2.75, 3.05) is 18.4 Å². The lowest BCUT2D eigenvalue weighted by Crippen LogP contribution is -2.38. The lowest BCUT2D eigenvalue weighted by molar-refractivity contribution is 0.102. The molecule has 2 aromatic heterocycles. The van der Waals surface area contributed by atoms with E-state index < -0.39 is 0 Å². The van der Waals surface area contributed by atoms with Gasteiger partial charge in [0.1, 0.15) is 18.1 Å². The molecule has 2 unspecified atom stereocenters. The fourth-order valence-corrected chi connectivity index (χ4v) is 5.04. The van der Waals surface area contributed by atoms with Crippen LogP contribution in [0.3, 0.4) is 0 Å². The zero-order valence-electron chi connectivity index (χ0n) is 19.1. The number of amides is 1. The number of piperidine rings is 1. The van der Waals surface area contributed by atoms with Gasteiger partial charge in [0.25, 0.3) is 5.91 Å². The van der Waals surface area contributed by atoms with Crippen molar-refractivity contribution in [1.82, 2.24) is 15.0 Å². The Kier molecular flexibility index (Phi) is 6.91. The smallest absolute Gasteiger partial charge is 0.257 e. The predicted octanol–water partition coefficient (Wildman–Crippen LogP) is 5.06. The lowest BCUT2D eigenvalue weighted by Gasteiger charge is -2.34. The quantitative estimate of drug-likeness (QED) is 0.538. The number of hydrogen-bond acceptors (Lipinski definition) is 7. The molecule has 1 N–H and O–H groups in total. The van der Waals surface area contributed by atoms with E-state index in [1.807, 2.05) is 31.4 Å².